The van der Waals surface area contributed by atoms with Crippen LogP contribution in [-0.4, -0.2) is 13.1 Å². The molecule has 1 aromatic rings. The molecule has 2 nitrogen and oxygen atoms in total. The predicted molar refractivity (Wildman–Crippen MR) is 47.0 cm³/mol. The van der Waals surface area contributed by atoms with Gasteiger partial charge in [-0.15, -0.1) is 0 Å². The Hall–Kier alpha value is -0.580. The van der Waals surface area contributed by atoms with Crippen molar-refractivity contribution < 1.29 is 32.1 Å². The van der Waals surface area contributed by atoms with E-state index in [4.69, 9.17) is 0 Å². The van der Waals surface area contributed by atoms with Crippen LogP contribution in [0.25, 0.3) is 0 Å². The van der Waals surface area contributed by atoms with Gasteiger partial charge in [-0.05, 0) is 18.6 Å². The van der Waals surface area contributed by atoms with Crippen molar-refractivity contribution in [1.82, 2.24) is 0 Å². The molecular formula is C10H12IO2+. The number of benzene rings is 1. The number of ether oxygens (including phenoxy) is 1. The van der Waals surface area contributed by atoms with Crippen molar-refractivity contribution in [2.45, 2.75) is 13.3 Å². The summed E-state index contributed by atoms with van der Waals surface area (Å²) in [6.45, 7) is 2.04. The SMILES string of the molecule is COC(=O)Cc1ccc([IH+])c(C)c1. The molecule has 0 heterocycles. The van der Waals surface area contributed by atoms with E-state index in [1.54, 1.807) is 0 Å². The summed E-state index contributed by atoms with van der Waals surface area (Å²) in [5.74, 6) is -0.191. The normalized spacial score (nSPS) is 9.77. The average molecular weight is 291 g/mol. The van der Waals surface area contributed by atoms with Gasteiger partial charge in [-0.2, -0.15) is 0 Å². The molecule has 0 fully saturated rings. The third kappa shape index (κ3) is 2.99. The number of halogens is 1. The van der Waals surface area contributed by atoms with Crippen molar-refractivity contribution in [3.05, 3.63) is 32.9 Å². The quantitative estimate of drug-likeness (QED) is 0.473. The van der Waals surface area contributed by atoms with E-state index in [-0.39, 0.29) is 5.97 Å². The Balaban J connectivity index is 2.79. The highest BCUT2D eigenvalue weighted by atomic mass is 127. The molecule has 0 spiro atoms. The average Bonchev–Trinajstić information content (AvgIpc) is 2.11. The van der Waals surface area contributed by atoms with Crippen molar-refractivity contribution in [1.29, 1.82) is 0 Å². The summed E-state index contributed by atoms with van der Waals surface area (Å²) < 4.78 is 5.84. The molecule has 0 atom stereocenters. The Morgan fingerprint density at radius 2 is 2.23 bits per heavy atom. The van der Waals surface area contributed by atoms with Gasteiger partial charge in [0.25, 0.3) is 22.6 Å². The van der Waals surface area contributed by atoms with Gasteiger partial charge < -0.3 is 4.74 Å². The Morgan fingerprint density at radius 3 is 2.77 bits per heavy atom. The standard InChI is InChI=1S/C10H12IO2/c1-7-5-8(3-4-9(7)11)6-10(12)13-2/h3-5,11H,6H2,1-2H3/q+1. The van der Waals surface area contributed by atoms with Crippen molar-refractivity contribution in [3.63, 3.8) is 0 Å². The zero-order valence-electron chi connectivity index (χ0n) is 7.66. The molecule has 0 aromatic heterocycles. The molecule has 0 aliphatic carbocycles. The van der Waals surface area contributed by atoms with Crippen LogP contribution in [0.15, 0.2) is 18.2 Å². The predicted octanol–water partition coefficient (Wildman–Crippen LogP) is -1.83. The first kappa shape index (κ1) is 10.5. The van der Waals surface area contributed by atoms with E-state index in [0.29, 0.717) is 6.42 Å². The summed E-state index contributed by atoms with van der Waals surface area (Å²) in [6, 6.07) is 6.01. The third-order valence-electron chi connectivity index (χ3n) is 1.82. The van der Waals surface area contributed by atoms with Crippen LogP contribution in [0.3, 0.4) is 0 Å². The number of rotatable bonds is 2. The monoisotopic (exact) mass is 291 g/mol. The molecule has 0 aliphatic rings. The molecule has 0 amide bonds. The second kappa shape index (κ2) is 4.60. The first-order chi connectivity index (χ1) is 6.13. The molecule has 0 N–H and O–H groups in total. The van der Waals surface area contributed by atoms with Gasteiger partial charge in [0.1, 0.15) is 0 Å². The first-order valence-corrected chi connectivity index (χ1v) is 5.13. The fraction of sp³-hybridized carbons (Fsp3) is 0.300. The summed E-state index contributed by atoms with van der Waals surface area (Å²) in [6.07, 6.45) is 0.360. The van der Waals surface area contributed by atoms with Crippen LogP contribution in [0, 0.1) is 10.5 Å². The smallest absolute Gasteiger partial charge is 0.309 e. The van der Waals surface area contributed by atoms with E-state index in [1.807, 2.05) is 47.7 Å². The molecule has 3 heteroatoms. The number of esters is 1. The number of hydrogen-bond acceptors (Lipinski definition) is 2. The largest absolute Gasteiger partial charge is 0.469 e. The lowest BCUT2D eigenvalue weighted by molar-refractivity contribution is -0.329. The number of carbonyl (C=O) groups excluding carboxylic acids is 1. The topological polar surface area (TPSA) is 26.3 Å². The maximum atomic E-state index is 11.0. The van der Waals surface area contributed by atoms with Gasteiger partial charge in [-0.3, -0.25) is 4.79 Å². The fourth-order valence-corrected chi connectivity index (χ4v) is 1.42. The lowest BCUT2D eigenvalue weighted by Gasteiger charge is -2.00. The minimum absolute atomic E-state index is 0.191. The Kier molecular flexibility index (Phi) is 3.71. The number of aryl methyl sites for hydroxylation is 1. The highest BCUT2D eigenvalue weighted by Gasteiger charge is 2.06. The van der Waals surface area contributed by atoms with Gasteiger partial charge in [-0.25, -0.2) is 0 Å². The van der Waals surface area contributed by atoms with Crippen LogP contribution in [0.1, 0.15) is 11.1 Å². The second-order valence-corrected chi connectivity index (χ2v) is 4.11. The van der Waals surface area contributed by atoms with Gasteiger partial charge in [0.15, 0.2) is 3.57 Å². The molecule has 13 heavy (non-hydrogen) atoms. The number of carbonyl (C=O) groups is 1. The van der Waals surface area contributed by atoms with E-state index in [1.165, 1.54) is 16.2 Å². The summed E-state index contributed by atoms with van der Waals surface area (Å²) in [5.41, 5.74) is 2.22. The van der Waals surface area contributed by atoms with E-state index in [2.05, 4.69) is 4.74 Å². The van der Waals surface area contributed by atoms with Gasteiger partial charge in [0, 0.05) is 5.56 Å². The van der Waals surface area contributed by atoms with Gasteiger partial charge >= 0.3 is 5.97 Å². The van der Waals surface area contributed by atoms with Crippen LogP contribution >= 0.6 is 0 Å². The van der Waals surface area contributed by atoms with Crippen LogP contribution in [0.4, 0.5) is 0 Å². The summed E-state index contributed by atoms with van der Waals surface area (Å²) in [5, 5.41) is 0. The summed E-state index contributed by atoms with van der Waals surface area (Å²) >= 11 is 1.98. The summed E-state index contributed by atoms with van der Waals surface area (Å²) in [4.78, 5) is 11.0. The van der Waals surface area contributed by atoms with E-state index < -0.39 is 0 Å². The molecule has 70 valence electrons. The molecule has 1 rings (SSSR count). The molecule has 0 unspecified atom stereocenters. The zero-order valence-corrected chi connectivity index (χ0v) is 9.99. The molecule has 0 aliphatic heterocycles. The lowest BCUT2D eigenvalue weighted by Crippen LogP contribution is -3.34. The van der Waals surface area contributed by atoms with E-state index in [9.17, 15) is 4.79 Å². The van der Waals surface area contributed by atoms with Gasteiger partial charge in [-0.1, -0.05) is 12.1 Å². The maximum absolute atomic E-state index is 11.0. The van der Waals surface area contributed by atoms with Gasteiger partial charge in [0.2, 0.25) is 0 Å². The minimum atomic E-state index is -0.191. The van der Waals surface area contributed by atoms with Crippen molar-refractivity contribution in [2.75, 3.05) is 7.11 Å². The van der Waals surface area contributed by atoms with Crippen molar-refractivity contribution in [2.24, 2.45) is 0 Å². The maximum Gasteiger partial charge on any atom is 0.309 e. The van der Waals surface area contributed by atoms with E-state index >= 15 is 0 Å². The Bertz CT molecular complexity index is 321. The number of methoxy groups -OCH3 is 1. The first-order valence-electron chi connectivity index (χ1n) is 3.97. The van der Waals surface area contributed by atoms with Crippen LogP contribution in [-0.2, 0) is 16.0 Å². The molecule has 0 saturated carbocycles. The third-order valence-corrected chi connectivity index (χ3v) is 3.12. The Morgan fingerprint density at radius 1 is 1.54 bits per heavy atom. The van der Waals surface area contributed by atoms with Crippen LogP contribution < -0.4 is 22.6 Å². The summed E-state index contributed by atoms with van der Waals surface area (Å²) in [7, 11) is 1.41. The van der Waals surface area contributed by atoms with Gasteiger partial charge in [0.05, 0.1) is 13.5 Å². The Labute approximate surface area is 91.4 Å². The van der Waals surface area contributed by atoms with Crippen molar-refractivity contribution >= 4 is 5.97 Å². The molecule has 1 aromatic carbocycles. The molecule has 0 saturated heterocycles. The highest BCUT2D eigenvalue weighted by molar-refractivity contribution is 5.72. The molecule has 0 bridgehead atoms. The molecular weight excluding hydrogens is 279 g/mol. The second-order valence-electron chi connectivity index (χ2n) is 2.85. The lowest BCUT2D eigenvalue weighted by atomic mass is 10.1. The fourth-order valence-electron chi connectivity index (χ4n) is 1.06. The highest BCUT2D eigenvalue weighted by Crippen LogP contribution is 2.05. The van der Waals surface area contributed by atoms with Crippen molar-refractivity contribution in [3.8, 4) is 0 Å². The minimum Gasteiger partial charge on any atom is -0.469 e. The number of hydrogen-bond donors (Lipinski definition) is 0. The van der Waals surface area contributed by atoms with E-state index in [0.717, 1.165) is 5.56 Å². The van der Waals surface area contributed by atoms with Crippen LogP contribution in [0.5, 0.6) is 0 Å². The van der Waals surface area contributed by atoms with Crippen LogP contribution in [0.2, 0.25) is 0 Å². The molecule has 0 radical (unpaired) electrons. The zero-order chi connectivity index (χ0) is 9.84.